The second-order valence-corrected chi connectivity index (χ2v) is 6.62. The van der Waals surface area contributed by atoms with Gasteiger partial charge in [0.05, 0.1) is 18.5 Å². The second-order valence-electron chi connectivity index (χ2n) is 4.84. The lowest BCUT2D eigenvalue weighted by Gasteiger charge is -2.05. The molecule has 0 aromatic carbocycles. The number of hydrogen-bond donors (Lipinski definition) is 5. The molecule has 10 nitrogen and oxygen atoms in total. The normalized spacial score (nSPS) is 11.7. The molecule has 0 bridgehead atoms. The highest BCUT2D eigenvalue weighted by molar-refractivity contribution is 7.13. The van der Waals surface area contributed by atoms with Crippen molar-refractivity contribution in [2.24, 2.45) is 11.5 Å². The molecule has 9 N–H and O–H groups in total. The van der Waals surface area contributed by atoms with Crippen molar-refractivity contribution in [1.29, 1.82) is 0 Å². The summed E-state index contributed by atoms with van der Waals surface area (Å²) in [4.78, 5) is 29.1. The van der Waals surface area contributed by atoms with Crippen LogP contribution in [-0.2, 0) is 27.2 Å². The molecular formula is C13H22Cl2N6O4S2. The average Bonchev–Trinajstić information content (AvgIpc) is 3.15. The van der Waals surface area contributed by atoms with Crippen LogP contribution in [0.4, 0.5) is 10.3 Å². The number of rotatable bonds is 6. The predicted octanol–water partition coefficient (Wildman–Crippen LogP) is 0.291. The van der Waals surface area contributed by atoms with Crippen LogP contribution in [0.1, 0.15) is 11.4 Å². The number of aromatic nitrogens is 2. The molecule has 0 radical (unpaired) electrons. The molecule has 0 amide bonds. The van der Waals surface area contributed by atoms with Crippen LogP contribution >= 0.6 is 47.5 Å². The molecule has 0 aliphatic heterocycles. The minimum atomic E-state index is -1.03. The lowest BCUT2D eigenvalue weighted by Crippen LogP contribution is -2.33. The fourth-order valence-electron chi connectivity index (χ4n) is 1.61. The SMILES string of the molecule is COC(=O)[C@@H](N)Cc1csc(N)n1.Cl.Cl.Nc1nc(C[C@H](N)C(=O)O)cs1. The zero-order valence-corrected chi connectivity index (χ0v) is 17.5. The molecule has 0 saturated heterocycles. The number of carboxylic acids is 1. The van der Waals surface area contributed by atoms with E-state index in [1.54, 1.807) is 10.8 Å². The number of anilines is 2. The molecule has 2 heterocycles. The fourth-order valence-corrected chi connectivity index (χ4v) is 2.76. The van der Waals surface area contributed by atoms with Gasteiger partial charge in [-0.15, -0.1) is 47.5 Å². The molecule has 2 atom stereocenters. The lowest BCUT2D eigenvalue weighted by molar-refractivity contribution is -0.142. The Morgan fingerprint density at radius 2 is 1.44 bits per heavy atom. The van der Waals surface area contributed by atoms with Gasteiger partial charge in [0.15, 0.2) is 10.3 Å². The van der Waals surface area contributed by atoms with E-state index in [-0.39, 0.29) is 31.2 Å². The standard InChI is InChI=1S/C7H11N3O2S.C6H9N3O2S.2ClH/c1-12-6(11)5(8)2-4-3-13-7(9)10-4;7-4(5(10)11)1-3-2-12-6(8)9-3;;/h3,5H,2,8H2,1H3,(H2,9,10);2,4H,1,7H2,(H2,8,9)(H,10,11);2*1H/t5-;4-;;/m00../s1. The maximum Gasteiger partial charge on any atom is 0.323 e. The summed E-state index contributed by atoms with van der Waals surface area (Å²) in [7, 11) is 1.30. The summed E-state index contributed by atoms with van der Waals surface area (Å²) in [5.74, 6) is -1.46. The third kappa shape index (κ3) is 10.3. The first-order valence-corrected chi connectivity index (χ1v) is 8.70. The number of nitrogen functional groups attached to an aromatic ring is 2. The second kappa shape index (κ2) is 13.5. The highest BCUT2D eigenvalue weighted by Gasteiger charge is 2.15. The zero-order valence-electron chi connectivity index (χ0n) is 14.2. The quantitative estimate of drug-likeness (QED) is 0.373. The maximum atomic E-state index is 10.9. The van der Waals surface area contributed by atoms with Gasteiger partial charge < -0.3 is 32.8 Å². The third-order valence-electron chi connectivity index (χ3n) is 2.82. The highest BCUT2D eigenvalue weighted by Crippen LogP contribution is 2.12. The molecule has 27 heavy (non-hydrogen) atoms. The number of nitrogens with two attached hydrogens (primary N) is 4. The zero-order chi connectivity index (χ0) is 19.0. The van der Waals surface area contributed by atoms with Gasteiger partial charge in [0.25, 0.3) is 0 Å². The minimum absolute atomic E-state index is 0. The summed E-state index contributed by atoms with van der Waals surface area (Å²) in [5.41, 5.74) is 22.9. The van der Waals surface area contributed by atoms with Crippen molar-refractivity contribution >= 4 is 69.7 Å². The summed E-state index contributed by atoms with van der Waals surface area (Å²) in [6.45, 7) is 0. The van der Waals surface area contributed by atoms with E-state index >= 15 is 0 Å². The average molecular weight is 461 g/mol. The van der Waals surface area contributed by atoms with Gasteiger partial charge in [-0.25, -0.2) is 9.97 Å². The number of esters is 1. The van der Waals surface area contributed by atoms with Crippen molar-refractivity contribution in [2.75, 3.05) is 18.6 Å². The van der Waals surface area contributed by atoms with E-state index in [0.29, 0.717) is 22.4 Å². The van der Waals surface area contributed by atoms with Crippen molar-refractivity contribution in [3.63, 3.8) is 0 Å². The first kappa shape index (κ1) is 27.5. The molecule has 2 aromatic rings. The molecule has 2 aromatic heterocycles. The van der Waals surface area contributed by atoms with E-state index in [1.165, 1.54) is 29.8 Å². The summed E-state index contributed by atoms with van der Waals surface area (Å²) in [6, 6.07) is -1.56. The van der Waals surface area contributed by atoms with Crippen molar-refractivity contribution in [3.8, 4) is 0 Å². The molecule has 154 valence electrons. The number of ether oxygens (including phenoxy) is 1. The van der Waals surface area contributed by atoms with E-state index in [1.807, 2.05) is 0 Å². The number of nitrogens with zero attached hydrogens (tertiary/aromatic N) is 2. The number of carbonyl (C=O) groups is 2. The van der Waals surface area contributed by atoms with Crippen LogP contribution in [-0.4, -0.2) is 46.2 Å². The molecule has 0 fully saturated rings. The minimum Gasteiger partial charge on any atom is -0.480 e. The lowest BCUT2D eigenvalue weighted by atomic mass is 10.2. The number of carboxylic acid groups (broad SMARTS) is 1. The predicted molar refractivity (Wildman–Crippen MR) is 111 cm³/mol. The smallest absolute Gasteiger partial charge is 0.323 e. The molecule has 2 rings (SSSR count). The van der Waals surface area contributed by atoms with Gasteiger partial charge in [-0.05, 0) is 0 Å². The van der Waals surface area contributed by atoms with Crippen molar-refractivity contribution in [2.45, 2.75) is 24.9 Å². The molecule has 0 spiro atoms. The van der Waals surface area contributed by atoms with E-state index in [4.69, 9.17) is 28.0 Å². The highest BCUT2D eigenvalue weighted by atomic mass is 35.5. The number of halogens is 2. The van der Waals surface area contributed by atoms with E-state index in [0.717, 1.165) is 5.69 Å². The van der Waals surface area contributed by atoms with Crippen molar-refractivity contribution < 1.29 is 19.4 Å². The van der Waals surface area contributed by atoms with E-state index < -0.39 is 24.0 Å². The third-order valence-corrected chi connectivity index (χ3v) is 4.26. The van der Waals surface area contributed by atoms with Gasteiger partial charge in [0, 0.05) is 23.6 Å². The Bertz CT molecular complexity index is 715. The molecule has 14 heteroatoms. The number of carbonyl (C=O) groups excluding carboxylic acids is 1. The van der Waals surface area contributed by atoms with Crippen LogP contribution in [0.2, 0.25) is 0 Å². The monoisotopic (exact) mass is 460 g/mol. The number of methoxy groups -OCH3 is 1. The van der Waals surface area contributed by atoms with E-state index in [9.17, 15) is 9.59 Å². The van der Waals surface area contributed by atoms with E-state index in [2.05, 4.69) is 14.7 Å². The fraction of sp³-hybridized carbons (Fsp3) is 0.385. The van der Waals surface area contributed by atoms with Crippen LogP contribution in [0.25, 0.3) is 0 Å². The number of thiazole rings is 2. The van der Waals surface area contributed by atoms with Crippen LogP contribution in [0, 0.1) is 0 Å². The Morgan fingerprint density at radius 3 is 1.74 bits per heavy atom. The van der Waals surface area contributed by atoms with Gasteiger partial charge in [-0.1, -0.05) is 0 Å². The van der Waals surface area contributed by atoms with Gasteiger partial charge in [0.1, 0.15) is 12.1 Å². The summed E-state index contributed by atoms with van der Waals surface area (Å²) < 4.78 is 4.47. The first-order chi connectivity index (χ1) is 11.7. The van der Waals surface area contributed by atoms with Crippen LogP contribution in [0.15, 0.2) is 10.8 Å². The Labute approximate surface area is 176 Å². The van der Waals surface area contributed by atoms with Gasteiger partial charge in [-0.3, -0.25) is 9.59 Å². The largest absolute Gasteiger partial charge is 0.480 e. The Hall–Kier alpha value is -1.70. The molecular weight excluding hydrogens is 439 g/mol. The van der Waals surface area contributed by atoms with Gasteiger partial charge in [-0.2, -0.15) is 0 Å². The Balaban J connectivity index is 0. The van der Waals surface area contributed by atoms with Crippen LogP contribution < -0.4 is 22.9 Å². The maximum absolute atomic E-state index is 10.9. The molecule has 0 saturated carbocycles. The summed E-state index contributed by atoms with van der Waals surface area (Å²) in [5, 5.41) is 12.9. The number of aliphatic carboxylic acids is 1. The van der Waals surface area contributed by atoms with Crippen molar-refractivity contribution in [3.05, 3.63) is 22.1 Å². The first-order valence-electron chi connectivity index (χ1n) is 6.94. The topological polar surface area (TPSA) is 193 Å². The van der Waals surface area contributed by atoms with Gasteiger partial charge in [0.2, 0.25) is 0 Å². The number of hydrogen-bond acceptors (Lipinski definition) is 11. The molecule has 0 aliphatic carbocycles. The summed E-state index contributed by atoms with van der Waals surface area (Å²) >= 11 is 2.60. The molecule has 0 unspecified atom stereocenters. The van der Waals surface area contributed by atoms with Crippen LogP contribution in [0.5, 0.6) is 0 Å². The van der Waals surface area contributed by atoms with Gasteiger partial charge >= 0.3 is 11.9 Å². The Kier molecular flexibility index (Phi) is 13.7. The Morgan fingerprint density at radius 1 is 1.04 bits per heavy atom. The van der Waals surface area contributed by atoms with Crippen LogP contribution in [0.3, 0.4) is 0 Å². The summed E-state index contributed by atoms with van der Waals surface area (Å²) in [6.07, 6.45) is 0.587. The van der Waals surface area contributed by atoms with Crippen molar-refractivity contribution in [1.82, 2.24) is 9.97 Å². The molecule has 0 aliphatic rings.